The summed E-state index contributed by atoms with van der Waals surface area (Å²) in [5.74, 6) is 3.47. The van der Waals surface area contributed by atoms with E-state index in [1.165, 1.54) is 51.4 Å². The first-order valence-electron chi connectivity index (χ1n) is 13.5. The Hall–Kier alpha value is -0.590. The Balaban J connectivity index is 1.58. The quantitative estimate of drug-likeness (QED) is 0.387. The molecule has 0 N–H and O–H groups in total. The van der Waals surface area contributed by atoms with Gasteiger partial charge in [-0.1, -0.05) is 73.5 Å². The minimum Gasteiger partial charge on any atom is -0.299 e. The summed E-state index contributed by atoms with van der Waals surface area (Å²) in [4.78, 5) is 13.3. The number of fused-ring (bicyclic) bond motifs is 7. The van der Waals surface area contributed by atoms with Crippen LogP contribution in [0.2, 0.25) is 0 Å². The van der Waals surface area contributed by atoms with Crippen LogP contribution in [-0.2, 0) is 4.79 Å². The van der Waals surface area contributed by atoms with Crippen molar-refractivity contribution in [3.63, 3.8) is 0 Å². The number of Topliss-reactive ketones (excluding diaryl/α,β-unsaturated/α-hetero) is 1. The molecule has 1 heteroatoms. The van der Waals surface area contributed by atoms with Crippen molar-refractivity contribution in [2.45, 2.75) is 113 Å². The predicted octanol–water partition coefficient (Wildman–Crippen LogP) is 8.23. The lowest BCUT2D eigenvalue weighted by Gasteiger charge is -2.68. The van der Waals surface area contributed by atoms with E-state index in [0.29, 0.717) is 33.9 Å². The summed E-state index contributed by atoms with van der Waals surface area (Å²) in [6, 6.07) is 0. The summed E-state index contributed by atoms with van der Waals surface area (Å²) in [5, 5.41) is 0. The average Bonchev–Trinajstić information content (AvgIpc) is 2.94. The molecule has 5 aliphatic carbocycles. The van der Waals surface area contributed by atoms with Crippen LogP contribution in [0.4, 0.5) is 0 Å². The first kappa shape index (κ1) is 22.2. The largest absolute Gasteiger partial charge is 0.299 e. The fourth-order valence-electron chi connectivity index (χ4n) is 11.1. The summed E-state index contributed by atoms with van der Waals surface area (Å²) in [6.45, 7) is 20.1. The molecule has 0 bridgehead atoms. The fourth-order valence-corrected chi connectivity index (χ4v) is 11.1. The van der Waals surface area contributed by atoms with Crippen molar-refractivity contribution in [2.24, 2.45) is 56.7 Å². The molecule has 0 radical (unpaired) electrons. The molecule has 5 rings (SSSR count). The number of hydrogen-bond donors (Lipinski definition) is 0. The van der Waals surface area contributed by atoms with Gasteiger partial charge in [-0.25, -0.2) is 0 Å². The highest BCUT2D eigenvalue weighted by Gasteiger charge is 2.69. The number of rotatable bonds is 1. The van der Waals surface area contributed by atoms with Gasteiger partial charge in [0.1, 0.15) is 5.78 Å². The number of carbonyl (C=O) groups excluding carboxylic acids is 1. The van der Waals surface area contributed by atoms with Crippen LogP contribution in [0.25, 0.3) is 0 Å². The van der Waals surface area contributed by atoms with Crippen LogP contribution in [0.1, 0.15) is 113 Å². The zero-order valence-corrected chi connectivity index (χ0v) is 21.7. The van der Waals surface area contributed by atoms with Crippen LogP contribution in [0.3, 0.4) is 0 Å². The van der Waals surface area contributed by atoms with Crippen LogP contribution in [-0.4, -0.2) is 5.78 Å². The van der Waals surface area contributed by atoms with E-state index in [1.54, 1.807) is 0 Å². The van der Waals surface area contributed by atoms with Crippen molar-refractivity contribution in [1.82, 2.24) is 0 Å². The molecule has 0 aliphatic heterocycles. The van der Waals surface area contributed by atoms with E-state index in [1.807, 2.05) is 5.57 Å². The third kappa shape index (κ3) is 2.59. The molecule has 174 valence electrons. The summed E-state index contributed by atoms with van der Waals surface area (Å²) in [6.07, 6.45) is 14.4. The third-order valence-corrected chi connectivity index (χ3v) is 12.7. The molecule has 4 fully saturated rings. The minimum atomic E-state index is 0.207. The van der Waals surface area contributed by atoms with E-state index in [0.717, 1.165) is 18.3 Å². The van der Waals surface area contributed by atoms with Crippen LogP contribution in [0, 0.1) is 56.7 Å². The van der Waals surface area contributed by atoms with Crippen molar-refractivity contribution in [2.75, 3.05) is 0 Å². The van der Waals surface area contributed by atoms with Crippen molar-refractivity contribution in [3.05, 3.63) is 11.6 Å². The zero-order valence-electron chi connectivity index (χ0n) is 21.7. The van der Waals surface area contributed by atoms with E-state index < -0.39 is 0 Å². The fraction of sp³-hybridized carbons (Fsp3) is 0.900. The van der Waals surface area contributed by atoms with Gasteiger partial charge in [-0.15, -0.1) is 0 Å². The van der Waals surface area contributed by atoms with E-state index in [4.69, 9.17) is 0 Å². The third-order valence-electron chi connectivity index (χ3n) is 12.7. The van der Waals surface area contributed by atoms with Crippen LogP contribution < -0.4 is 0 Å². The molecule has 0 aromatic heterocycles. The molecular weight excluding hydrogens is 376 g/mol. The van der Waals surface area contributed by atoms with E-state index >= 15 is 0 Å². The Morgan fingerprint density at radius 3 is 2.26 bits per heavy atom. The minimum absolute atomic E-state index is 0.207. The molecule has 0 aromatic rings. The van der Waals surface area contributed by atoms with E-state index in [9.17, 15) is 4.79 Å². The maximum Gasteiger partial charge on any atom is 0.137 e. The van der Waals surface area contributed by atoms with Gasteiger partial charge in [0, 0.05) is 12.3 Å². The van der Waals surface area contributed by atoms with Crippen LogP contribution in [0.15, 0.2) is 11.6 Å². The van der Waals surface area contributed by atoms with E-state index in [2.05, 4.69) is 61.5 Å². The molecule has 0 saturated heterocycles. The smallest absolute Gasteiger partial charge is 0.137 e. The molecule has 0 spiro atoms. The lowest BCUT2D eigenvalue weighted by atomic mass is 9.36. The SMILES string of the molecule is CC(C)C1C(=O)CC2C1(C)CCC1(C)C3CCC4C(C)(C)CCCC4(C)C3=CCC21C. The first-order valence-corrected chi connectivity index (χ1v) is 13.5. The topological polar surface area (TPSA) is 17.1 Å². The second-order valence-electron chi connectivity index (χ2n) is 14.6. The maximum atomic E-state index is 13.3. The van der Waals surface area contributed by atoms with Crippen molar-refractivity contribution < 1.29 is 4.79 Å². The van der Waals surface area contributed by atoms with Crippen molar-refractivity contribution in [1.29, 1.82) is 0 Å². The number of allylic oxidation sites excluding steroid dienone is 2. The molecule has 0 heterocycles. The summed E-state index contributed by atoms with van der Waals surface area (Å²) in [7, 11) is 0. The number of carbonyl (C=O) groups is 1. The van der Waals surface area contributed by atoms with Crippen molar-refractivity contribution in [3.8, 4) is 0 Å². The number of hydrogen-bond acceptors (Lipinski definition) is 1. The van der Waals surface area contributed by atoms with Gasteiger partial charge in [-0.3, -0.25) is 4.79 Å². The predicted molar refractivity (Wildman–Crippen MR) is 130 cm³/mol. The average molecular weight is 425 g/mol. The first-order chi connectivity index (χ1) is 14.3. The zero-order chi connectivity index (χ0) is 22.6. The van der Waals surface area contributed by atoms with Gasteiger partial charge in [0.25, 0.3) is 0 Å². The lowest BCUT2D eigenvalue weighted by molar-refractivity contribution is -0.156. The lowest BCUT2D eigenvalue weighted by Crippen LogP contribution is -2.61. The van der Waals surface area contributed by atoms with Crippen LogP contribution >= 0.6 is 0 Å². The van der Waals surface area contributed by atoms with Gasteiger partial charge in [-0.2, -0.15) is 0 Å². The van der Waals surface area contributed by atoms with Gasteiger partial charge < -0.3 is 0 Å². The molecule has 0 amide bonds. The van der Waals surface area contributed by atoms with Gasteiger partial charge in [0.05, 0.1) is 0 Å². The summed E-state index contributed by atoms with van der Waals surface area (Å²) in [5.41, 5.74) is 3.56. The van der Waals surface area contributed by atoms with Gasteiger partial charge >= 0.3 is 0 Å². The summed E-state index contributed by atoms with van der Waals surface area (Å²) < 4.78 is 0. The Morgan fingerprint density at radius 1 is 0.871 bits per heavy atom. The standard InChI is InChI=1S/C30H48O/c1-19(2)25-22(31)18-24-28(25,6)16-17-29(7)21-10-11-23-26(3,4)13-9-14-27(23,5)20(21)12-15-30(24,29)8/h12,19,21,23-25H,9-11,13-18H2,1-8H3. The highest BCUT2D eigenvalue weighted by Crippen LogP contribution is 2.75. The molecule has 0 aromatic carbocycles. The number of ketones is 1. The Labute approximate surface area is 192 Å². The molecule has 31 heavy (non-hydrogen) atoms. The molecule has 5 aliphatic rings. The highest BCUT2D eigenvalue weighted by atomic mass is 16.1. The second-order valence-corrected chi connectivity index (χ2v) is 14.6. The highest BCUT2D eigenvalue weighted by molar-refractivity contribution is 5.85. The second kappa shape index (κ2) is 6.50. The Kier molecular flexibility index (Phi) is 4.66. The Morgan fingerprint density at radius 2 is 1.58 bits per heavy atom. The Bertz CT molecular complexity index is 818. The van der Waals surface area contributed by atoms with Crippen molar-refractivity contribution >= 4 is 5.78 Å². The van der Waals surface area contributed by atoms with Gasteiger partial charge in [0.2, 0.25) is 0 Å². The van der Waals surface area contributed by atoms with Gasteiger partial charge in [-0.05, 0) is 95.7 Å². The molecule has 8 atom stereocenters. The normalized spacial score (nSPS) is 53.3. The van der Waals surface area contributed by atoms with E-state index in [-0.39, 0.29) is 16.7 Å². The molecule has 4 saturated carbocycles. The van der Waals surface area contributed by atoms with Gasteiger partial charge in [0.15, 0.2) is 0 Å². The summed E-state index contributed by atoms with van der Waals surface area (Å²) >= 11 is 0. The maximum absolute atomic E-state index is 13.3. The molecular formula is C30H48O. The monoisotopic (exact) mass is 424 g/mol. The van der Waals surface area contributed by atoms with Crippen LogP contribution in [0.5, 0.6) is 0 Å². The molecule has 8 unspecified atom stereocenters. The molecule has 1 nitrogen and oxygen atoms in total.